The lowest BCUT2D eigenvalue weighted by atomic mass is 9.92. The molecule has 188 valence electrons. The van der Waals surface area contributed by atoms with E-state index in [1.54, 1.807) is 0 Å². The smallest absolute Gasteiger partial charge is 0.235 e. The molecule has 1 atom stereocenters. The van der Waals surface area contributed by atoms with E-state index in [4.69, 9.17) is 10.5 Å². The third-order valence-electron chi connectivity index (χ3n) is 6.22. The van der Waals surface area contributed by atoms with Crippen LogP contribution in [0.4, 0.5) is 5.82 Å². The number of rotatable bonds is 9. The molecular formula is C26H28IN5O3S. The van der Waals surface area contributed by atoms with Crippen molar-refractivity contribution in [1.29, 1.82) is 0 Å². The molecule has 2 N–H and O–H groups in total. The van der Waals surface area contributed by atoms with Gasteiger partial charge in [-0.2, -0.15) is 4.31 Å². The molecule has 2 heterocycles. The van der Waals surface area contributed by atoms with Crippen molar-refractivity contribution < 1.29 is 13.2 Å². The highest BCUT2D eigenvalue weighted by Crippen LogP contribution is 2.28. The van der Waals surface area contributed by atoms with Crippen LogP contribution in [0.25, 0.3) is 0 Å². The molecule has 0 bridgehead atoms. The topological polar surface area (TPSA) is 111 Å². The van der Waals surface area contributed by atoms with Gasteiger partial charge in [0.25, 0.3) is 0 Å². The van der Waals surface area contributed by atoms with Crippen LogP contribution in [0.2, 0.25) is 0 Å². The van der Waals surface area contributed by atoms with Gasteiger partial charge in [-0.3, -0.25) is 0 Å². The van der Waals surface area contributed by atoms with E-state index >= 15 is 0 Å². The first kappa shape index (κ1) is 26.2. The molecule has 0 amide bonds. The molecule has 2 aromatic carbocycles. The number of anilines is 1. The van der Waals surface area contributed by atoms with Gasteiger partial charge in [0.15, 0.2) is 0 Å². The fourth-order valence-corrected chi connectivity index (χ4v) is 5.90. The van der Waals surface area contributed by atoms with E-state index in [-0.39, 0.29) is 5.92 Å². The van der Waals surface area contributed by atoms with Crippen molar-refractivity contribution >= 4 is 44.4 Å². The number of hydrogen-bond acceptors (Lipinski definition) is 7. The average molecular weight is 618 g/mol. The molecule has 1 unspecified atom stereocenters. The fourth-order valence-electron chi connectivity index (χ4n) is 4.37. The molecule has 36 heavy (non-hydrogen) atoms. The number of aryl methyl sites for hydroxylation is 1. The highest BCUT2D eigenvalue weighted by atomic mass is 127. The van der Waals surface area contributed by atoms with Gasteiger partial charge in [0.1, 0.15) is 23.6 Å². The van der Waals surface area contributed by atoms with Crippen molar-refractivity contribution in [3.05, 3.63) is 89.7 Å². The molecule has 8 nitrogen and oxygen atoms in total. The van der Waals surface area contributed by atoms with Crippen molar-refractivity contribution in [3.8, 4) is 11.5 Å². The Morgan fingerprint density at radius 2 is 1.89 bits per heavy atom. The van der Waals surface area contributed by atoms with Gasteiger partial charge in [0, 0.05) is 24.1 Å². The van der Waals surface area contributed by atoms with Gasteiger partial charge in [0.2, 0.25) is 10.0 Å². The van der Waals surface area contributed by atoms with Gasteiger partial charge in [-0.15, -0.1) is 0 Å². The van der Waals surface area contributed by atoms with Crippen LogP contribution in [-0.2, 0) is 16.4 Å². The third kappa shape index (κ3) is 6.29. The Labute approximate surface area is 225 Å². The van der Waals surface area contributed by atoms with Crippen LogP contribution in [-0.4, -0.2) is 41.5 Å². The van der Waals surface area contributed by atoms with Crippen molar-refractivity contribution in [1.82, 2.24) is 14.3 Å². The number of nitrogens with zero attached hydrogens (tertiary/aromatic N) is 4. The minimum Gasteiger partial charge on any atom is -0.457 e. The summed E-state index contributed by atoms with van der Waals surface area (Å²) in [5.41, 5.74) is 9.37. The SMILES string of the molecule is C=CS(=O)(=O)N1CCCC(CCc2ncnc(N)c2C(=NI)c2ccc(Oc3ccccc3)cc2)C1. The third-order valence-corrected chi connectivity index (χ3v) is 8.18. The molecule has 1 aliphatic rings. The minimum absolute atomic E-state index is 0.229. The molecule has 10 heteroatoms. The maximum atomic E-state index is 12.2. The lowest BCUT2D eigenvalue weighted by Gasteiger charge is -2.31. The summed E-state index contributed by atoms with van der Waals surface area (Å²) in [7, 11) is -3.41. The first-order chi connectivity index (χ1) is 17.4. The number of ether oxygens (including phenoxy) is 1. The average Bonchev–Trinajstić information content (AvgIpc) is 2.90. The molecule has 0 radical (unpaired) electrons. The van der Waals surface area contributed by atoms with E-state index in [0.29, 0.717) is 42.4 Å². The lowest BCUT2D eigenvalue weighted by molar-refractivity contribution is 0.258. The first-order valence-electron chi connectivity index (χ1n) is 11.7. The summed E-state index contributed by atoms with van der Waals surface area (Å²) in [5, 5.41) is 1.03. The predicted molar refractivity (Wildman–Crippen MR) is 151 cm³/mol. The molecule has 0 saturated carbocycles. The van der Waals surface area contributed by atoms with E-state index < -0.39 is 10.0 Å². The van der Waals surface area contributed by atoms with Crippen LogP contribution in [0, 0.1) is 5.92 Å². The van der Waals surface area contributed by atoms with Crippen LogP contribution < -0.4 is 10.5 Å². The van der Waals surface area contributed by atoms with E-state index in [1.807, 2.05) is 77.5 Å². The van der Waals surface area contributed by atoms with Gasteiger partial charge >= 0.3 is 0 Å². The van der Waals surface area contributed by atoms with Gasteiger partial charge in [-0.1, -0.05) is 24.8 Å². The normalized spacial score (nSPS) is 17.0. The zero-order chi connectivity index (χ0) is 25.5. The van der Waals surface area contributed by atoms with Gasteiger partial charge in [0.05, 0.1) is 39.8 Å². The Bertz CT molecular complexity index is 1330. The second kappa shape index (κ2) is 11.9. The van der Waals surface area contributed by atoms with Gasteiger partial charge in [-0.25, -0.2) is 21.6 Å². The van der Waals surface area contributed by atoms with Crippen LogP contribution in [0.5, 0.6) is 11.5 Å². The number of para-hydroxylation sites is 1. The molecule has 1 fully saturated rings. The first-order valence-corrected chi connectivity index (χ1v) is 14.1. The molecule has 1 aromatic heterocycles. The van der Waals surface area contributed by atoms with E-state index in [1.165, 1.54) is 10.6 Å². The molecule has 0 spiro atoms. The van der Waals surface area contributed by atoms with E-state index in [9.17, 15) is 8.42 Å². The molecule has 1 saturated heterocycles. The fraction of sp³-hybridized carbons (Fsp3) is 0.269. The number of benzene rings is 2. The van der Waals surface area contributed by atoms with Crippen LogP contribution >= 0.6 is 22.9 Å². The van der Waals surface area contributed by atoms with E-state index in [0.717, 1.165) is 41.7 Å². The zero-order valence-electron chi connectivity index (χ0n) is 19.8. The molecule has 3 aromatic rings. The highest BCUT2D eigenvalue weighted by Gasteiger charge is 2.27. The number of hydrogen-bond donors (Lipinski definition) is 1. The number of sulfonamides is 1. The van der Waals surface area contributed by atoms with Gasteiger partial charge < -0.3 is 10.5 Å². The Balaban J connectivity index is 1.51. The number of nitrogens with two attached hydrogens (primary N) is 1. The number of halogens is 1. The van der Waals surface area contributed by atoms with Crippen LogP contribution in [0.15, 0.2) is 76.1 Å². The summed E-state index contributed by atoms with van der Waals surface area (Å²) in [6.07, 6.45) is 4.68. The van der Waals surface area contributed by atoms with E-state index in [2.05, 4.69) is 19.8 Å². The van der Waals surface area contributed by atoms with Crippen LogP contribution in [0.3, 0.4) is 0 Å². The number of aromatic nitrogens is 2. The van der Waals surface area contributed by atoms with Crippen molar-refractivity contribution in [2.24, 2.45) is 9.12 Å². The summed E-state index contributed by atoms with van der Waals surface area (Å²) in [5.74, 6) is 2.07. The Hall–Kier alpha value is -2.83. The summed E-state index contributed by atoms with van der Waals surface area (Å²) in [6.45, 7) is 4.47. The highest BCUT2D eigenvalue weighted by molar-refractivity contribution is 14.1. The quantitative estimate of drug-likeness (QED) is 0.263. The maximum Gasteiger partial charge on any atom is 0.235 e. The summed E-state index contributed by atoms with van der Waals surface area (Å²) < 4.78 is 36.4. The summed E-state index contributed by atoms with van der Waals surface area (Å²) in [4.78, 5) is 8.74. The minimum atomic E-state index is -3.41. The van der Waals surface area contributed by atoms with Crippen LogP contribution in [0.1, 0.15) is 36.1 Å². The molecule has 4 rings (SSSR count). The molecule has 0 aliphatic carbocycles. The van der Waals surface area contributed by atoms with Crippen molar-refractivity contribution in [3.63, 3.8) is 0 Å². The predicted octanol–water partition coefficient (Wildman–Crippen LogP) is 5.16. The zero-order valence-corrected chi connectivity index (χ0v) is 22.7. The standard InChI is InChI=1S/C26H28IN5O3S/c1-2-36(33,34)32-16-6-7-19(17-32)10-15-23-24(26(28)30-18-29-23)25(31-27)20-11-13-22(14-12-20)35-21-8-4-3-5-9-21/h2-5,8-9,11-14,18-19H,1,6-7,10,15-17H2,(H2,28,29,30). The Morgan fingerprint density at radius 3 is 2.58 bits per heavy atom. The number of piperidine rings is 1. The maximum absolute atomic E-state index is 12.2. The second-order valence-corrected chi connectivity index (χ2v) is 10.9. The number of nitrogen functional groups attached to an aromatic ring is 1. The Morgan fingerprint density at radius 1 is 1.17 bits per heavy atom. The second-order valence-electron chi connectivity index (χ2n) is 8.57. The molecule has 1 aliphatic heterocycles. The van der Waals surface area contributed by atoms with Gasteiger partial charge in [-0.05, 0) is 68.0 Å². The largest absolute Gasteiger partial charge is 0.457 e. The van der Waals surface area contributed by atoms with Crippen molar-refractivity contribution in [2.45, 2.75) is 25.7 Å². The summed E-state index contributed by atoms with van der Waals surface area (Å²) >= 11 is 1.97. The van der Waals surface area contributed by atoms with Crippen molar-refractivity contribution in [2.75, 3.05) is 18.8 Å². The Kier molecular flexibility index (Phi) is 8.70. The summed E-state index contributed by atoms with van der Waals surface area (Å²) in [6, 6.07) is 17.2. The lowest BCUT2D eigenvalue weighted by Crippen LogP contribution is -2.38. The molecular weight excluding hydrogens is 589 g/mol. The monoisotopic (exact) mass is 617 g/mol.